The lowest BCUT2D eigenvalue weighted by molar-refractivity contribution is -0.117. The van der Waals surface area contributed by atoms with Crippen LogP contribution in [0, 0.1) is 5.41 Å². The molecule has 0 atom stereocenters. The van der Waals surface area contributed by atoms with E-state index in [1.807, 2.05) is 18.2 Å². The number of carbonyl (C=O) groups is 1. The largest absolute Gasteiger partial charge is 0.295 e. The molecule has 1 nitrogen and oxygen atoms in total. The number of thiophene rings is 1. The van der Waals surface area contributed by atoms with E-state index in [2.05, 4.69) is 13.8 Å². The molecular formula is C13H15ClOS. The van der Waals surface area contributed by atoms with Gasteiger partial charge in [-0.25, -0.2) is 0 Å². The fraction of sp³-hybridized carbons (Fsp3) is 0.462. The van der Waals surface area contributed by atoms with Gasteiger partial charge in [-0.15, -0.1) is 11.3 Å². The molecule has 0 aromatic carbocycles. The van der Waals surface area contributed by atoms with Crippen LogP contribution in [-0.2, 0) is 11.2 Å². The first-order valence-corrected chi connectivity index (χ1v) is 6.61. The molecule has 0 aliphatic heterocycles. The van der Waals surface area contributed by atoms with Crippen molar-refractivity contribution in [2.75, 3.05) is 0 Å². The van der Waals surface area contributed by atoms with E-state index in [0.717, 1.165) is 17.2 Å². The summed E-state index contributed by atoms with van der Waals surface area (Å²) in [6, 6.07) is 3.96. The molecule has 1 aliphatic rings. The first kappa shape index (κ1) is 11.9. The van der Waals surface area contributed by atoms with Crippen LogP contribution in [0.15, 0.2) is 23.8 Å². The first-order valence-electron chi connectivity index (χ1n) is 5.41. The molecule has 0 spiro atoms. The Hall–Kier alpha value is -0.600. The fourth-order valence-electron chi connectivity index (χ4n) is 2.26. The molecule has 0 saturated heterocycles. The van der Waals surface area contributed by atoms with Crippen LogP contribution in [0.3, 0.4) is 0 Å². The van der Waals surface area contributed by atoms with Crippen molar-refractivity contribution in [1.82, 2.24) is 0 Å². The predicted octanol–water partition coefficient (Wildman–Crippen LogP) is 4.26. The molecule has 0 fully saturated rings. The van der Waals surface area contributed by atoms with Crippen LogP contribution in [-0.4, -0.2) is 5.78 Å². The second-order valence-corrected chi connectivity index (χ2v) is 6.97. The van der Waals surface area contributed by atoms with Gasteiger partial charge >= 0.3 is 0 Å². The van der Waals surface area contributed by atoms with Crippen LogP contribution < -0.4 is 0 Å². The molecule has 0 saturated carbocycles. The van der Waals surface area contributed by atoms with E-state index in [1.165, 1.54) is 10.5 Å². The van der Waals surface area contributed by atoms with E-state index in [1.54, 1.807) is 11.3 Å². The quantitative estimate of drug-likeness (QED) is 0.771. The summed E-state index contributed by atoms with van der Waals surface area (Å²) in [5.41, 5.74) is 1.35. The average molecular weight is 255 g/mol. The van der Waals surface area contributed by atoms with Crippen molar-refractivity contribution in [1.29, 1.82) is 0 Å². The molecular weight excluding hydrogens is 240 g/mol. The topological polar surface area (TPSA) is 17.1 Å². The lowest BCUT2D eigenvalue weighted by Crippen LogP contribution is -2.22. The number of allylic oxidation sites excluding steroid dienone is 2. The Morgan fingerprint density at radius 2 is 2.12 bits per heavy atom. The van der Waals surface area contributed by atoms with Gasteiger partial charge in [0.15, 0.2) is 5.78 Å². The second kappa shape index (κ2) is 4.34. The Morgan fingerprint density at radius 1 is 1.38 bits per heavy atom. The predicted molar refractivity (Wildman–Crippen MR) is 69.1 cm³/mol. The molecule has 2 rings (SSSR count). The molecule has 86 valence electrons. The summed E-state index contributed by atoms with van der Waals surface area (Å²) in [6.07, 6.45) is 4.36. The maximum atomic E-state index is 11.6. The molecule has 1 aliphatic carbocycles. The van der Waals surface area contributed by atoms with Crippen LogP contribution in [0.4, 0.5) is 0 Å². The average Bonchev–Trinajstić information content (AvgIpc) is 2.46. The molecule has 0 bridgehead atoms. The highest BCUT2D eigenvalue weighted by atomic mass is 35.5. The Morgan fingerprint density at radius 3 is 2.69 bits per heavy atom. The van der Waals surface area contributed by atoms with Crippen LogP contribution >= 0.6 is 22.9 Å². The number of hydrogen-bond acceptors (Lipinski definition) is 2. The smallest absolute Gasteiger partial charge is 0.156 e. The SMILES string of the molecule is CC1(C)CC(=O)C=C(Cc2ccc(Cl)s2)C1. The van der Waals surface area contributed by atoms with E-state index in [4.69, 9.17) is 11.6 Å². The fourth-order valence-corrected chi connectivity index (χ4v) is 3.40. The highest BCUT2D eigenvalue weighted by Gasteiger charge is 2.27. The van der Waals surface area contributed by atoms with Gasteiger partial charge < -0.3 is 0 Å². The van der Waals surface area contributed by atoms with Crippen molar-refractivity contribution in [3.8, 4) is 0 Å². The van der Waals surface area contributed by atoms with Crippen molar-refractivity contribution < 1.29 is 4.79 Å². The minimum atomic E-state index is 0.113. The Labute approximate surface area is 105 Å². The second-order valence-electron chi connectivity index (χ2n) is 5.17. The Balaban J connectivity index is 2.13. The molecule has 0 N–H and O–H groups in total. The van der Waals surface area contributed by atoms with E-state index in [0.29, 0.717) is 6.42 Å². The zero-order chi connectivity index (χ0) is 11.8. The summed E-state index contributed by atoms with van der Waals surface area (Å²) in [5.74, 6) is 0.258. The van der Waals surface area contributed by atoms with Crippen molar-refractivity contribution in [3.63, 3.8) is 0 Å². The lowest BCUT2D eigenvalue weighted by atomic mass is 9.76. The zero-order valence-electron chi connectivity index (χ0n) is 9.55. The van der Waals surface area contributed by atoms with Crippen LogP contribution in [0.1, 0.15) is 31.6 Å². The third-order valence-electron chi connectivity index (χ3n) is 2.75. The molecule has 0 unspecified atom stereocenters. The van der Waals surface area contributed by atoms with Gasteiger partial charge in [0.2, 0.25) is 0 Å². The summed E-state index contributed by atoms with van der Waals surface area (Å²) in [4.78, 5) is 12.8. The first-order chi connectivity index (χ1) is 7.44. The van der Waals surface area contributed by atoms with E-state index < -0.39 is 0 Å². The molecule has 1 heterocycles. The number of carbonyl (C=O) groups excluding carboxylic acids is 1. The molecule has 1 aromatic rings. The summed E-state index contributed by atoms with van der Waals surface area (Å²) in [6.45, 7) is 4.30. The van der Waals surface area contributed by atoms with E-state index >= 15 is 0 Å². The summed E-state index contributed by atoms with van der Waals surface area (Å²) >= 11 is 7.49. The minimum Gasteiger partial charge on any atom is -0.295 e. The third-order valence-corrected chi connectivity index (χ3v) is 3.98. The number of halogens is 1. The van der Waals surface area contributed by atoms with E-state index in [9.17, 15) is 4.79 Å². The number of ketones is 1. The Bertz CT molecular complexity index is 443. The van der Waals surface area contributed by atoms with Gasteiger partial charge in [-0.3, -0.25) is 4.79 Å². The van der Waals surface area contributed by atoms with Crippen molar-refractivity contribution >= 4 is 28.7 Å². The summed E-state index contributed by atoms with van der Waals surface area (Å²) in [7, 11) is 0. The standard InChI is InChI=1S/C13H15ClOS/c1-13(2)7-9(5-10(15)8-13)6-11-3-4-12(14)16-11/h3-5H,6-8H2,1-2H3. The lowest BCUT2D eigenvalue weighted by Gasteiger charge is -2.28. The summed E-state index contributed by atoms with van der Waals surface area (Å²) < 4.78 is 0.817. The van der Waals surface area contributed by atoms with Gasteiger partial charge in [0.25, 0.3) is 0 Å². The third kappa shape index (κ3) is 2.96. The monoisotopic (exact) mass is 254 g/mol. The highest BCUT2D eigenvalue weighted by molar-refractivity contribution is 7.16. The van der Waals surface area contributed by atoms with Crippen molar-refractivity contribution in [3.05, 3.63) is 33.0 Å². The molecule has 16 heavy (non-hydrogen) atoms. The Kier molecular flexibility index (Phi) is 3.22. The van der Waals surface area contributed by atoms with Gasteiger partial charge in [-0.05, 0) is 30.0 Å². The minimum absolute atomic E-state index is 0.113. The van der Waals surface area contributed by atoms with Gasteiger partial charge in [0.1, 0.15) is 0 Å². The van der Waals surface area contributed by atoms with Crippen LogP contribution in [0.2, 0.25) is 4.34 Å². The molecule has 3 heteroatoms. The van der Waals surface area contributed by atoms with Crippen molar-refractivity contribution in [2.24, 2.45) is 5.41 Å². The molecule has 1 aromatic heterocycles. The van der Waals surface area contributed by atoms with Gasteiger partial charge in [-0.1, -0.05) is 31.0 Å². The van der Waals surface area contributed by atoms with Crippen LogP contribution in [0.25, 0.3) is 0 Å². The maximum absolute atomic E-state index is 11.6. The van der Waals surface area contributed by atoms with E-state index in [-0.39, 0.29) is 11.2 Å². The number of hydrogen-bond donors (Lipinski definition) is 0. The highest BCUT2D eigenvalue weighted by Crippen LogP contribution is 2.36. The van der Waals surface area contributed by atoms with Crippen molar-refractivity contribution in [2.45, 2.75) is 33.1 Å². The normalized spacial score (nSPS) is 19.7. The van der Waals surface area contributed by atoms with Gasteiger partial charge in [0, 0.05) is 17.7 Å². The van der Waals surface area contributed by atoms with Gasteiger partial charge in [-0.2, -0.15) is 0 Å². The molecule has 0 radical (unpaired) electrons. The number of rotatable bonds is 2. The van der Waals surface area contributed by atoms with Gasteiger partial charge in [0.05, 0.1) is 4.34 Å². The zero-order valence-corrected chi connectivity index (χ0v) is 11.1. The van der Waals surface area contributed by atoms with Crippen LogP contribution in [0.5, 0.6) is 0 Å². The molecule has 0 amide bonds. The maximum Gasteiger partial charge on any atom is 0.156 e. The summed E-state index contributed by atoms with van der Waals surface area (Å²) in [5, 5.41) is 0.